The zero-order valence-corrected chi connectivity index (χ0v) is 13.5. The minimum atomic E-state index is -0.303. The second-order valence-corrected chi connectivity index (χ2v) is 5.72. The van der Waals surface area contributed by atoms with Gasteiger partial charge in [-0.1, -0.05) is 12.1 Å². The Labute approximate surface area is 139 Å². The summed E-state index contributed by atoms with van der Waals surface area (Å²) in [7, 11) is 0. The van der Waals surface area contributed by atoms with E-state index >= 15 is 0 Å². The van der Waals surface area contributed by atoms with Crippen LogP contribution in [0.3, 0.4) is 0 Å². The number of nitrogens with one attached hydrogen (secondary N) is 1. The van der Waals surface area contributed by atoms with Gasteiger partial charge in [0.05, 0.1) is 6.04 Å². The Morgan fingerprint density at radius 1 is 1.46 bits per heavy atom. The third-order valence-electron chi connectivity index (χ3n) is 4.04. The van der Waals surface area contributed by atoms with Crippen molar-refractivity contribution in [1.29, 1.82) is 0 Å². The summed E-state index contributed by atoms with van der Waals surface area (Å²) >= 11 is 0. The Balaban J connectivity index is 1.55. The summed E-state index contributed by atoms with van der Waals surface area (Å²) in [5.41, 5.74) is 0. The van der Waals surface area contributed by atoms with Gasteiger partial charge in [0.25, 0.3) is 0 Å². The molecular formula is C17H20FN3O3. The van der Waals surface area contributed by atoms with Crippen molar-refractivity contribution in [3.63, 3.8) is 0 Å². The van der Waals surface area contributed by atoms with Gasteiger partial charge in [-0.3, -0.25) is 5.32 Å². The highest BCUT2D eigenvalue weighted by Gasteiger charge is 2.29. The standard InChI is InChI=1S/C17H20FN3O3/c1-2-14-10-16(20-24-14)19-17(22)21-9-3-4-13(21)11-23-15-7-5-12(18)6-8-15/h5-8,10,13H,2-4,9,11H2,1H3,(H,19,20,22)/t13-/m0/s1. The number of benzene rings is 1. The molecule has 1 aliphatic rings. The number of halogens is 1. The molecule has 1 aliphatic heterocycles. The summed E-state index contributed by atoms with van der Waals surface area (Å²) in [6, 6.07) is 7.35. The van der Waals surface area contributed by atoms with Crippen molar-refractivity contribution < 1.29 is 18.4 Å². The van der Waals surface area contributed by atoms with Crippen molar-refractivity contribution >= 4 is 11.8 Å². The number of nitrogens with zero attached hydrogens (tertiary/aromatic N) is 2. The molecule has 24 heavy (non-hydrogen) atoms. The first kappa shape index (κ1) is 16.3. The lowest BCUT2D eigenvalue weighted by molar-refractivity contribution is 0.175. The van der Waals surface area contributed by atoms with Crippen LogP contribution in [-0.2, 0) is 6.42 Å². The van der Waals surface area contributed by atoms with Crippen molar-refractivity contribution in [2.45, 2.75) is 32.2 Å². The average molecular weight is 333 g/mol. The Bertz CT molecular complexity index is 687. The molecule has 3 rings (SSSR count). The molecule has 0 unspecified atom stereocenters. The number of hydrogen-bond donors (Lipinski definition) is 1. The molecule has 2 aromatic rings. The number of carbonyl (C=O) groups is 1. The normalized spacial score (nSPS) is 17.1. The van der Waals surface area contributed by atoms with Crippen LogP contribution < -0.4 is 10.1 Å². The molecule has 0 aliphatic carbocycles. The molecule has 7 heteroatoms. The third-order valence-corrected chi connectivity index (χ3v) is 4.04. The van der Waals surface area contributed by atoms with Crippen LogP contribution in [0.2, 0.25) is 0 Å². The first-order chi connectivity index (χ1) is 11.7. The van der Waals surface area contributed by atoms with Gasteiger partial charge in [-0.25, -0.2) is 9.18 Å². The van der Waals surface area contributed by atoms with E-state index in [9.17, 15) is 9.18 Å². The van der Waals surface area contributed by atoms with E-state index in [0.29, 0.717) is 24.7 Å². The maximum absolute atomic E-state index is 12.9. The second-order valence-electron chi connectivity index (χ2n) is 5.72. The van der Waals surface area contributed by atoms with E-state index in [4.69, 9.17) is 9.26 Å². The molecule has 1 saturated heterocycles. The van der Waals surface area contributed by atoms with Gasteiger partial charge in [-0.15, -0.1) is 0 Å². The van der Waals surface area contributed by atoms with Gasteiger partial charge in [0.15, 0.2) is 5.82 Å². The zero-order chi connectivity index (χ0) is 16.9. The molecule has 1 fully saturated rings. The zero-order valence-electron chi connectivity index (χ0n) is 13.5. The number of anilines is 1. The number of aryl methyl sites for hydroxylation is 1. The van der Waals surface area contributed by atoms with Gasteiger partial charge >= 0.3 is 6.03 Å². The molecule has 0 radical (unpaired) electrons. The Hall–Kier alpha value is -2.57. The van der Waals surface area contributed by atoms with Gasteiger partial charge in [-0.05, 0) is 37.1 Å². The number of rotatable bonds is 5. The smallest absolute Gasteiger partial charge is 0.323 e. The van der Waals surface area contributed by atoms with Gasteiger partial charge in [-0.2, -0.15) is 0 Å². The largest absolute Gasteiger partial charge is 0.491 e. The van der Waals surface area contributed by atoms with Gasteiger partial charge in [0.2, 0.25) is 0 Å². The summed E-state index contributed by atoms with van der Waals surface area (Å²) in [6.45, 7) is 3.00. The van der Waals surface area contributed by atoms with Crippen molar-refractivity contribution in [2.24, 2.45) is 0 Å². The molecule has 6 nitrogen and oxygen atoms in total. The highest BCUT2D eigenvalue weighted by atomic mass is 19.1. The van der Waals surface area contributed by atoms with E-state index in [2.05, 4.69) is 10.5 Å². The topological polar surface area (TPSA) is 67.6 Å². The lowest BCUT2D eigenvalue weighted by atomic mass is 10.2. The lowest BCUT2D eigenvalue weighted by Gasteiger charge is -2.24. The van der Waals surface area contributed by atoms with E-state index in [-0.39, 0.29) is 17.9 Å². The van der Waals surface area contributed by atoms with E-state index < -0.39 is 0 Å². The summed E-state index contributed by atoms with van der Waals surface area (Å²) in [5, 5.41) is 6.58. The number of carbonyl (C=O) groups excluding carboxylic acids is 1. The molecular weight excluding hydrogens is 313 g/mol. The quantitative estimate of drug-likeness (QED) is 0.910. The second kappa shape index (κ2) is 7.33. The maximum Gasteiger partial charge on any atom is 0.323 e. The van der Waals surface area contributed by atoms with Crippen molar-refractivity contribution in [1.82, 2.24) is 10.1 Å². The van der Waals surface area contributed by atoms with Gasteiger partial charge in [0.1, 0.15) is 23.9 Å². The number of aromatic nitrogens is 1. The maximum atomic E-state index is 12.9. The highest BCUT2D eigenvalue weighted by molar-refractivity contribution is 5.88. The predicted molar refractivity (Wildman–Crippen MR) is 86.5 cm³/mol. The molecule has 0 saturated carbocycles. The number of hydrogen-bond acceptors (Lipinski definition) is 4. The monoisotopic (exact) mass is 333 g/mol. The molecule has 1 aromatic heterocycles. The van der Waals surface area contributed by atoms with Crippen molar-refractivity contribution in [2.75, 3.05) is 18.5 Å². The molecule has 1 atom stereocenters. The van der Waals surface area contributed by atoms with Crippen LogP contribution in [0.1, 0.15) is 25.5 Å². The lowest BCUT2D eigenvalue weighted by Crippen LogP contribution is -2.41. The van der Waals surface area contributed by atoms with Crippen LogP contribution >= 0.6 is 0 Å². The minimum Gasteiger partial charge on any atom is -0.491 e. The van der Waals surface area contributed by atoms with Crippen LogP contribution in [-0.4, -0.2) is 35.3 Å². The van der Waals surface area contributed by atoms with E-state index in [0.717, 1.165) is 25.0 Å². The Morgan fingerprint density at radius 3 is 2.96 bits per heavy atom. The van der Waals surface area contributed by atoms with Gasteiger partial charge < -0.3 is 14.2 Å². The minimum absolute atomic E-state index is 0.0207. The first-order valence-electron chi connectivity index (χ1n) is 8.07. The fourth-order valence-corrected chi connectivity index (χ4v) is 2.72. The van der Waals surface area contributed by atoms with Crippen molar-refractivity contribution in [3.05, 3.63) is 41.9 Å². The summed E-state index contributed by atoms with van der Waals surface area (Å²) < 4.78 is 23.7. The third kappa shape index (κ3) is 3.84. The Kier molecular flexibility index (Phi) is 4.98. The Morgan fingerprint density at radius 2 is 2.25 bits per heavy atom. The molecule has 0 spiro atoms. The molecule has 2 heterocycles. The van der Waals surface area contributed by atoms with Crippen LogP contribution in [0.25, 0.3) is 0 Å². The molecule has 1 N–H and O–H groups in total. The number of ether oxygens (including phenoxy) is 1. The van der Waals surface area contributed by atoms with E-state index in [1.807, 2.05) is 6.92 Å². The van der Waals surface area contributed by atoms with Gasteiger partial charge in [0, 0.05) is 19.0 Å². The molecule has 2 amide bonds. The number of likely N-dealkylation sites (tertiary alicyclic amines) is 1. The first-order valence-corrected chi connectivity index (χ1v) is 8.07. The SMILES string of the molecule is CCc1cc(NC(=O)N2CCC[C@H]2COc2ccc(F)cc2)no1. The molecule has 1 aromatic carbocycles. The fourth-order valence-electron chi connectivity index (χ4n) is 2.72. The summed E-state index contributed by atoms with van der Waals surface area (Å²) in [5.74, 6) is 1.43. The number of urea groups is 1. The van der Waals surface area contributed by atoms with Crippen LogP contribution in [0, 0.1) is 5.82 Å². The summed E-state index contributed by atoms with van der Waals surface area (Å²) in [6.07, 6.45) is 2.51. The molecule has 128 valence electrons. The number of amides is 2. The van der Waals surface area contributed by atoms with Crippen LogP contribution in [0.15, 0.2) is 34.9 Å². The summed E-state index contributed by atoms with van der Waals surface area (Å²) in [4.78, 5) is 14.1. The highest BCUT2D eigenvalue weighted by Crippen LogP contribution is 2.21. The average Bonchev–Trinajstić information content (AvgIpc) is 3.23. The van der Waals surface area contributed by atoms with Crippen molar-refractivity contribution in [3.8, 4) is 5.75 Å². The van der Waals surface area contributed by atoms with Crippen LogP contribution in [0.4, 0.5) is 15.0 Å². The van der Waals surface area contributed by atoms with E-state index in [1.165, 1.54) is 12.1 Å². The molecule has 0 bridgehead atoms. The predicted octanol–water partition coefficient (Wildman–Crippen LogP) is 3.45. The van der Waals surface area contributed by atoms with Crippen LogP contribution in [0.5, 0.6) is 5.75 Å². The van der Waals surface area contributed by atoms with E-state index in [1.54, 1.807) is 23.1 Å². The fraction of sp³-hybridized carbons (Fsp3) is 0.412.